The van der Waals surface area contributed by atoms with Crippen molar-refractivity contribution >= 4 is 43.2 Å². The van der Waals surface area contributed by atoms with Gasteiger partial charge in [0, 0.05) is 4.88 Å². The zero-order valence-corrected chi connectivity index (χ0v) is 13.0. The Labute approximate surface area is 120 Å². The average molecular weight is 379 g/mol. The number of nitrogens with one attached hydrogen (secondary N) is 1. The van der Waals surface area contributed by atoms with E-state index >= 15 is 0 Å². The maximum atomic E-state index is 13.5. The summed E-state index contributed by atoms with van der Waals surface area (Å²) < 4.78 is 15.1. The molecule has 0 spiro atoms. The highest BCUT2D eigenvalue weighted by molar-refractivity contribution is 9.11. The van der Waals surface area contributed by atoms with Crippen LogP contribution >= 0.6 is 43.2 Å². The Kier molecular flexibility index (Phi) is 4.36. The Morgan fingerprint density at radius 1 is 1.24 bits per heavy atom. The summed E-state index contributed by atoms with van der Waals surface area (Å²) in [7, 11) is 1.87. The Balaban J connectivity index is 2.38. The van der Waals surface area contributed by atoms with Gasteiger partial charge in [0.1, 0.15) is 5.82 Å². The van der Waals surface area contributed by atoms with E-state index in [1.54, 1.807) is 23.5 Å². The third-order valence-electron chi connectivity index (χ3n) is 2.44. The van der Waals surface area contributed by atoms with E-state index in [4.69, 9.17) is 0 Å². The van der Waals surface area contributed by atoms with Gasteiger partial charge in [-0.05, 0) is 68.7 Å². The normalized spacial score (nSPS) is 12.7. The monoisotopic (exact) mass is 377 g/mol. The molecule has 0 aliphatic heterocycles. The predicted molar refractivity (Wildman–Crippen MR) is 77.0 cm³/mol. The van der Waals surface area contributed by atoms with E-state index in [0.29, 0.717) is 4.47 Å². The maximum absolute atomic E-state index is 13.5. The van der Waals surface area contributed by atoms with Gasteiger partial charge >= 0.3 is 0 Å². The minimum absolute atomic E-state index is 0.0221. The fourth-order valence-corrected chi connectivity index (χ4v) is 3.46. The SMILES string of the molecule is CNC(c1ccc(Br)c(F)c1)c1ccc(Br)s1. The van der Waals surface area contributed by atoms with Crippen molar-refractivity contribution in [3.8, 4) is 0 Å². The molecule has 1 nitrogen and oxygen atoms in total. The van der Waals surface area contributed by atoms with E-state index in [1.165, 1.54) is 0 Å². The van der Waals surface area contributed by atoms with E-state index < -0.39 is 0 Å². The van der Waals surface area contributed by atoms with Gasteiger partial charge in [-0.3, -0.25) is 0 Å². The summed E-state index contributed by atoms with van der Waals surface area (Å²) in [6.45, 7) is 0. The van der Waals surface area contributed by atoms with Crippen LogP contribution in [0.25, 0.3) is 0 Å². The highest BCUT2D eigenvalue weighted by atomic mass is 79.9. The Morgan fingerprint density at radius 2 is 2.00 bits per heavy atom. The minimum atomic E-state index is -0.238. The molecular formula is C12H10Br2FNS. The van der Waals surface area contributed by atoms with Gasteiger partial charge in [-0.2, -0.15) is 0 Å². The number of rotatable bonds is 3. The third kappa shape index (κ3) is 2.96. The molecule has 0 radical (unpaired) electrons. The smallest absolute Gasteiger partial charge is 0.137 e. The molecule has 1 N–H and O–H groups in total. The van der Waals surface area contributed by atoms with Crippen molar-refractivity contribution in [2.45, 2.75) is 6.04 Å². The molecule has 1 atom stereocenters. The van der Waals surface area contributed by atoms with Gasteiger partial charge in [-0.1, -0.05) is 6.07 Å². The average Bonchev–Trinajstić information content (AvgIpc) is 2.71. The lowest BCUT2D eigenvalue weighted by Gasteiger charge is -2.15. The minimum Gasteiger partial charge on any atom is -0.309 e. The van der Waals surface area contributed by atoms with Crippen LogP contribution in [0, 0.1) is 5.82 Å². The van der Waals surface area contributed by atoms with E-state index in [-0.39, 0.29) is 11.9 Å². The van der Waals surface area contributed by atoms with Crippen LogP contribution in [-0.4, -0.2) is 7.05 Å². The van der Waals surface area contributed by atoms with Crippen LogP contribution in [0.1, 0.15) is 16.5 Å². The molecule has 2 aromatic rings. The van der Waals surface area contributed by atoms with Crippen molar-refractivity contribution < 1.29 is 4.39 Å². The van der Waals surface area contributed by atoms with Crippen LogP contribution in [0.4, 0.5) is 4.39 Å². The quantitative estimate of drug-likeness (QED) is 0.814. The van der Waals surface area contributed by atoms with Crippen LogP contribution in [0.5, 0.6) is 0 Å². The Bertz CT molecular complexity index is 527. The number of thiophene rings is 1. The van der Waals surface area contributed by atoms with Gasteiger partial charge < -0.3 is 5.32 Å². The van der Waals surface area contributed by atoms with Gasteiger partial charge in [-0.15, -0.1) is 11.3 Å². The summed E-state index contributed by atoms with van der Waals surface area (Å²) >= 11 is 8.24. The predicted octanol–water partition coefficient (Wildman–Crippen LogP) is 4.72. The number of hydrogen-bond donors (Lipinski definition) is 1. The molecule has 17 heavy (non-hydrogen) atoms. The number of benzene rings is 1. The van der Waals surface area contributed by atoms with Gasteiger partial charge in [0.2, 0.25) is 0 Å². The summed E-state index contributed by atoms with van der Waals surface area (Å²) in [6, 6.07) is 9.27. The van der Waals surface area contributed by atoms with E-state index in [9.17, 15) is 4.39 Å². The molecule has 0 saturated carbocycles. The van der Waals surface area contributed by atoms with Crippen LogP contribution in [0.15, 0.2) is 38.6 Å². The largest absolute Gasteiger partial charge is 0.309 e. The fraction of sp³-hybridized carbons (Fsp3) is 0.167. The van der Waals surface area contributed by atoms with Gasteiger partial charge in [-0.25, -0.2) is 4.39 Å². The molecule has 1 heterocycles. The Hall–Kier alpha value is -0.230. The lowest BCUT2D eigenvalue weighted by Crippen LogP contribution is -2.16. The van der Waals surface area contributed by atoms with E-state index in [1.807, 2.05) is 25.2 Å². The first-order valence-electron chi connectivity index (χ1n) is 4.99. The molecule has 0 amide bonds. The molecule has 1 unspecified atom stereocenters. The van der Waals surface area contributed by atoms with Crippen LogP contribution in [-0.2, 0) is 0 Å². The van der Waals surface area contributed by atoms with Crippen LogP contribution < -0.4 is 5.32 Å². The van der Waals surface area contributed by atoms with E-state index in [0.717, 1.165) is 14.2 Å². The summed E-state index contributed by atoms with van der Waals surface area (Å²) in [5.41, 5.74) is 0.919. The highest BCUT2D eigenvalue weighted by Gasteiger charge is 2.15. The molecule has 0 aliphatic rings. The molecule has 0 saturated heterocycles. The van der Waals surface area contributed by atoms with Gasteiger partial charge in [0.25, 0.3) is 0 Å². The molecule has 2 rings (SSSR count). The summed E-state index contributed by atoms with van der Waals surface area (Å²) in [6.07, 6.45) is 0. The highest BCUT2D eigenvalue weighted by Crippen LogP contribution is 2.32. The summed E-state index contributed by atoms with van der Waals surface area (Å²) in [4.78, 5) is 1.15. The second kappa shape index (κ2) is 5.61. The zero-order valence-electron chi connectivity index (χ0n) is 9.01. The van der Waals surface area contributed by atoms with Gasteiger partial charge in [0.15, 0.2) is 0 Å². The Morgan fingerprint density at radius 3 is 2.53 bits per heavy atom. The molecule has 0 fully saturated rings. The van der Waals surface area contributed by atoms with E-state index in [2.05, 4.69) is 37.2 Å². The lowest BCUT2D eigenvalue weighted by atomic mass is 10.1. The van der Waals surface area contributed by atoms with Crippen molar-refractivity contribution in [3.05, 3.63) is 54.8 Å². The molecule has 1 aromatic heterocycles. The van der Waals surface area contributed by atoms with Crippen LogP contribution in [0.3, 0.4) is 0 Å². The van der Waals surface area contributed by atoms with Gasteiger partial charge in [0.05, 0.1) is 14.3 Å². The van der Waals surface area contributed by atoms with Crippen molar-refractivity contribution in [2.24, 2.45) is 0 Å². The first kappa shape index (κ1) is 13.2. The summed E-state index contributed by atoms with van der Waals surface area (Å²) in [5.74, 6) is -0.238. The standard InChI is InChI=1S/C12H10Br2FNS/c1-16-12(10-4-5-11(14)17-10)7-2-3-8(13)9(15)6-7/h2-6,12,16H,1H3. The van der Waals surface area contributed by atoms with Crippen molar-refractivity contribution in [1.82, 2.24) is 5.32 Å². The zero-order chi connectivity index (χ0) is 12.4. The van der Waals surface area contributed by atoms with Crippen molar-refractivity contribution in [3.63, 3.8) is 0 Å². The number of hydrogen-bond acceptors (Lipinski definition) is 2. The third-order valence-corrected chi connectivity index (χ3v) is 4.78. The number of halogens is 3. The molecule has 0 bridgehead atoms. The molecule has 1 aromatic carbocycles. The van der Waals surface area contributed by atoms with Crippen molar-refractivity contribution in [2.75, 3.05) is 7.05 Å². The fourth-order valence-electron chi connectivity index (χ4n) is 1.65. The second-order valence-electron chi connectivity index (χ2n) is 3.54. The molecule has 90 valence electrons. The maximum Gasteiger partial charge on any atom is 0.137 e. The van der Waals surface area contributed by atoms with Crippen molar-refractivity contribution in [1.29, 1.82) is 0 Å². The lowest BCUT2D eigenvalue weighted by molar-refractivity contribution is 0.611. The molecule has 5 heteroatoms. The molecular weight excluding hydrogens is 369 g/mol. The first-order valence-corrected chi connectivity index (χ1v) is 7.39. The summed E-state index contributed by atoms with van der Waals surface area (Å²) in [5, 5.41) is 3.20. The van der Waals surface area contributed by atoms with Crippen LogP contribution in [0.2, 0.25) is 0 Å². The molecule has 0 aliphatic carbocycles. The first-order chi connectivity index (χ1) is 8.11. The second-order valence-corrected chi connectivity index (χ2v) is 6.89. The topological polar surface area (TPSA) is 12.0 Å².